The van der Waals surface area contributed by atoms with E-state index in [-0.39, 0.29) is 12.1 Å². The van der Waals surface area contributed by atoms with Gasteiger partial charge >= 0.3 is 6.09 Å². The molecule has 0 saturated carbocycles. The minimum absolute atomic E-state index is 0.0670. The minimum atomic E-state index is -1.26. The Hall–Kier alpha value is -1.50. The van der Waals surface area contributed by atoms with Gasteiger partial charge < -0.3 is 9.64 Å². The molecule has 1 fully saturated rings. The number of hydrogen-bond donors (Lipinski definition) is 0. The molecule has 0 radical (unpaired) electrons. The highest BCUT2D eigenvalue weighted by molar-refractivity contribution is 7.85. The number of hydrogen-bond acceptors (Lipinski definition) is 5. The number of likely N-dealkylation sites (tertiary alicyclic amines) is 1. The Labute approximate surface area is 127 Å². The zero-order chi connectivity index (χ0) is 15.5. The van der Waals surface area contributed by atoms with Crippen molar-refractivity contribution in [2.45, 2.75) is 50.3 Å². The maximum absolute atomic E-state index is 12.3. The minimum Gasteiger partial charge on any atom is -0.444 e. The third kappa shape index (κ3) is 4.49. The summed E-state index contributed by atoms with van der Waals surface area (Å²) < 4.78 is 17.7. The standard InChI is InChI=1S/C14H21N3O3S/c1-14(2,3)20-13(18)17-8-4-5-11(17)10-21(19)12-9-15-6-7-16-12/h6-7,9,11H,4-5,8,10H2,1-3H3/t11-,21+/m0/s1. The van der Waals surface area contributed by atoms with Crippen LogP contribution in [-0.2, 0) is 15.5 Å². The topological polar surface area (TPSA) is 72.4 Å². The van der Waals surface area contributed by atoms with Crippen LogP contribution in [-0.4, -0.2) is 49.1 Å². The van der Waals surface area contributed by atoms with Gasteiger partial charge in [0.2, 0.25) is 0 Å². The van der Waals surface area contributed by atoms with Crippen molar-refractivity contribution >= 4 is 16.9 Å². The van der Waals surface area contributed by atoms with Crippen LogP contribution in [0.15, 0.2) is 23.6 Å². The van der Waals surface area contributed by atoms with Gasteiger partial charge in [-0.25, -0.2) is 9.78 Å². The largest absolute Gasteiger partial charge is 0.444 e. The quantitative estimate of drug-likeness (QED) is 0.853. The molecule has 2 atom stereocenters. The first-order valence-corrected chi connectivity index (χ1v) is 8.33. The second-order valence-electron chi connectivity index (χ2n) is 6.03. The van der Waals surface area contributed by atoms with E-state index in [1.807, 2.05) is 20.8 Å². The Bertz CT molecular complexity index is 516. The third-order valence-corrected chi connectivity index (χ3v) is 4.49. The first-order valence-electron chi connectivity index (χ1n) is 7.01. The summed E-state index contributed by atoms with van der Waals surface area (Å²) in [7, 11) is -1.26. The summed E-state index contributed by atoms with van der Waals surface area (Å²) in [5.41, 5.74) is -0.520. The number of carbonyl (C=O) groups excluding carboxylic acids is 1. The van der Waals surface area contributed by atoms with E-state index in [0.717, 1.165) is 12.8 Å². The van der Waals surface area contributed by atoms with Crippen LogP contribution in [0, 0.1) is 0 Å². The highest BCUT2D eigenvalue weighted by Gasteiger charge is 2.33. The summed E-state index contributed by atoms with van der Waals surface area (Å²) in [5.74, 6) is 0.373. The van der Waals surface area contributed by atoms with Crippen LogP contribution in [0.1, 0.15) is 33.6 Å². The van der Waals surface area contributed by atoms with E-state index in [1.54, 1.807) is 11.1 Å². The molecule has 1 aromatic rings. The SMILES string of the molecule is CC(C)(C)OC(=O)N1CCC[C@H]1C[S@@](=O)c1cnccn1. The van der Waals surface area contributed by atoms with Gasteiger partial charge in [-0.3, -0.25) is 9.19 Å². The van der Waals surface area contributed by atoms with Crippen molar-refractivity contribution in [3.8, 4) is 0 Å². The number of nitrogens with zero attached hydrogens (tertiary/aromatic N) is 3. The van der Waals surface area contributed by atoms with Crippen molar-refractivity contribution in [1.29, 1.82) is 0 Å². The van der Waals surface area contributed by atoms with Gasteiger partial charge in [0.15, 0.2) is 0 Å². The van der Waals surface area contributed by atoms with Crippen LogP contribution >= 0.6 is 0 Å². The van der Waals surface area contributed by atoms with E-state index < -0.39 is 16.4 Å². The molecule has 0 bridgehead atoms. The smallest absolute Gasteiger partial charge is 0.410 e. The second kappa shape index (κ2) is 6.51. The van der Waals surface area contributed by atoms with Crippen LogP contribution in [0.25, 0.3) is 0 Å². The van der Waals surface area contributed by atoms with Crippen molar-refractivity contribution < 1.29 is 13.7 Å². The fraction of sp³-hybridized carbons (Fsp3) is 0.643. The van der Waals surface area contributed by atoms with Gasteiger partial charge in [-0.15, -0.1) is 0 Å². The first kappa shape index (κ1) is 15.9. The number of ether oxygens (including phenoxy) is 1. The lowest BCUT2D eigenvalue weighted by molar-refractivity contribution is 0.0241. The van der Waals surface area contributed by atoms with E-state index >= 15 is 0 Å². The van der Waals surface area contributed by atoms with Gasteiger partial charge in [-0.2, -0.15) is 0 Å². The lowest BCUT2D eigenvalue weighted by Gasteiger charge is -2.28. The molecule has 116 valence electrons. The summed E-state index contributed by atoms with van der Waals surface area (Å²) in [6.45, 7) is 6.17. The molecule has 0 unspecified atom stereocenters. The van der Waals surface area contributed by atoms with Crippen molar-refractivity contribution in [2.24, 2.45) is 0 Å². The second-order valence-corrected chi connectivity index (χ2v) is 7.47. The Morgan fingerprint density at radius 1 is 1.48 bits per heavy atom. The predicted octanol–water partition coefficient (Wildman–Crippen LogP) is 1.98. The van der Waals surface area contributed by atoms with E-state index in [4.69, 9.17) is 4.74 Å². The Morgan fingerprint density at radius 3 is 2.86 bits per heavy atom. The van der Waals surface area contributed by atoms with Crippen LogP contribution in [0.4, 0.5) is 4.79 Å². The number of rotatable bonds is 3. The number of carbonyl (C=O) groups is 1. The first-order chi connectivity index (χ1) is 9.87. The predicted molar refractivity (Wildman–Crippen MR) is 79.3 cm³/mol. The van der Waals surface area contributed by atoms with Crippen molar-refractivity contribution in [3.63, 3.8) is 0 Å². The molecule has 0 aromatic carbocycles. The molecule has 6 nitrogen and oxygen atoms in total. The van der Waals surface area contributed by atoms with Gasteiger partial charge in [0.1, 0.15) is 10.6 Å². The fourth-order valence-corrected chi connectivity index (χ4v) is 3.46. The van der Waals surface area contributed by atoms with E-state index in [0.29, 0.717) is 17.3 Å². The van der Waals surface area contributed by atoms with Crippen LogP contribution in [0.5, 0.6) is 0 Å². The summed E-state index contributed by atoms with van der Waals surface area (Å²) in [5, 5.41) is 0.452. The van der Waals surface area contributed by atoms with Crippen molar-refractivity contribution in [2.75, 3.05) is 12.3 Å². The average molecular weight is 311 g/mol. The molecular weight excluding hydrogens is 290 g/mol. The van der Waals surface area contributed by atoms with Crippen molar-refractivity contribution in [1.82, 2.24) is 14.9 Å². The number of aromatic nitrogens is 2. The third-order valence-electron chi connectivity index (χ3n) is 3.12. The van der Waals surface area contributed by atoms with Crippen molar-refractivity contribution in [3.05, 3.63) is 18.6 Å². The molecule has 1 aromatic heterocycles. The van der Waals surface area contributed by atoms with Gasteiger partial charge in [-0.05, 0) is 33.6 Å². The van der Waals surface area contributed by atoms with Crippen LogP contribution in [0.2, 0.25) is 0 Å². The molecular formula is C14H21N3O3S. The molecule has 7 heteroatoms. The molecule has 2 rings (SSSR count). The average Bonchev–Trinajstić information content (AvgIpc) is 2.86. The Morgan fingerprint density at radius 2 is 2.24 bits per heavy atom. The van der Waals surface area contributed by atoms with Gasteiger partial charge in [-0.1, -0.05) is 0 Å². The molecule has 0 spiro atoms. The zero-order valence-electron chi connectivity index (χ0n) is 12.6. The zero-order valence-corrected chi connectivity index (χ0v) is 13.4. The van der Waals surface area contributed by atoms with E-state index in [1.165, 1.54) is 12.4 Å². The van der Waals surface area contributed by atoms with E-state index in [9.17, 15) is 9.00 Å². The summed E-state index contributed by atoms with van der Waals surface area (Å²) in [6.07, 6.45) is 5.98. The number of amides is 1. The fourth-order valence-electron chi connectivity index (χ4n) is 2.23. The monoisotopic (exact) mass is 311 g/mol. The Kier molecular flexibility index (Phi) is 4.92. The molecule has 0 aliphatic carbocycles. The van der Waals surface area contributed by atoms with E-state index in [2.05, 4.69) is 9.97 Å². The molecule has 21 heavy (non-hydrogen) atoms. The highest BCUT2D eigenvalue weighted by atomic mass is 32.2. The summed E-state index contributed by atoms with van der Waals surface area (Å²) >= 11 is 0. The summed E-state index contributed by atoms with van der Waals surface area (Å²) in [4.78, 5) is 21.8. The maximum Gasteiger partial charge on any atom is 0.410 e. The van der Waals surface area contributed by atoms with Crippen LogP contribution in [0.3, 0.4) is 0 Å². The lowest BCUT2D eigenvalue weighted by Crippen LogP contribution is -2.42. The lowest BCUT2D eigenvalue weighted by atomic mass is 10.2. The van der Waals surface area contributed by atoms with Gasteiger partial charge in [0, 0.05) is 25.0 Å². The maximum atomic E-state index is 12.3. The molecule has 0 N–H and O–H groups in total. The Balaban J connectivity index is 1.99. The molecule has 1 aliphatic rings. The van der Waals surface area contributed by atoms with Gasteiger partial charge in [0.05, 0.1) is 22.7 Å². The molecule has 2 heterocycles. The summed E-state index contributed by atoms with van der Waals surface area (Å²) in [6, 6.07) is -0.0670. The highest BCUT2D eigenvalue weighted by Crippen LogP contribution is 2.22. The normalized spacial score (nSPS) is 20.3. The molecule has 1 aliphatic heterocycles. The van der Waals surface area contributed by atoms with Crippen LogP contribution < -0.4 is 0 Å². The molecule has 1 amide bonds. The van der Waals surface area contributed by atoms with Gasteiger partial charge in [0.25, 0.3) is 0 Å². The molecule has 1 saturated heterocycles.